The Hall–Kier alpha value is -2.96. The summed E-state index contributed by atoms with van der Waals surface area (Å²) in [5.41, 5.74) is 2.18. The van der Waals surface area contributed by atoms with Gasteiger partial charge < -0.3 is 5.32 Å². The molecule has 0 bridgehead atoms. The number of fused-ring (bicyclic) bond motifs is 1. The third kappa shape index (κ3) is 3.49. The third-order valence-electron chi connectivity index (χ3n) is 3.93. The highest BCUT2D eigenvalue weighted by Gasteiger charge is 2.14. The smallest absolute Gasteiger partial charge is 0.257 e. The van der Waals surface area contributed by atoms with E-state index in [1.807, 2.05) is 35.0 Å². The number of nitrogens with zero attached hydrogens (tertiary/aromatic N) is 3. The Kier molecular flexibility index (Phi) is 4.51. The van der Waals surface area contributed by atoms with Crippen molar-refractivity contribution < 1.29 is 9.18 Å². The molecule has 0 fully saturated rings. The summed E-state index contributed by atoms with van der Waals surface area (Å²) < 4.78 is 15.4. The van der Waals surface area contributed by atoms with E-state index in [2.05, 4.69) is 15.3 Å². The average Bonchev–Trinajstić information content (AvgIpc) is 3.09. The van der Waals surface area contributed by atoms with Gasteiger partial charge >= 0.3 is 0 Å². The van der Waals surface area contributed by atoms with Crippen molar-refractivity contribution in [3.05, 3.63) is 82.5 Å². The molecule has 134 valence electrons. The first-order chi connectivity index (χ1) is 13.0. The number of aromatic nitrogens is 3. The molecule has 4 aromatic rings. The molecule has 0 saturated heterocycles. The van der Waals surface area contributed by atoms with E-state index in [1.54, 1.807) is 18.3 Å². The standard InChI is InChI=1S/C19H11Cl2FN4O/c20-14-9-15(21)16(22)8-13(14)18(27)24-12-4-2-11(3-5-12)17-10-26-7-1-6-23-19(26)25-17/h1-10H,(H,24,27). The van der Waals surface area contributed by atoms with Crippen LogP contribution in [0.25, 0.3) is 17.0 Å². The van der Waals surface area contributed by atoms with Crippen molar-refractivity contribution in [2.45, 2.75) is 0 Å². The van der Waals surface area contributed by atoms with E-state index in [0.29, 0.717) is 11.5 Å². The molecule has 2 aromatic heterocycles. The van der Waals surface area contributed by atoms with Crippen LogP contribution in [-0.4, -0.2) is 20.3 Å². The number of rotatable bonds is 3. The van der Waals surface area contributed by atoms with Crippen LogP contribution in [0.5, 0.6) is 0 Å². The molecule has 1 N–H and O–H groups in total. The molecule has 0 radical (unpaired) electrons. The second-order valence-corrected chi connectivity index (χ2v) is 6.55. The fraction of sp³-hybridized carbons (Fsp3) is 0. The Balaban J connectivity index is 1.56. The number of carbonyl (C=O) groups excluding carboxylic acids is 1. The highest BCUT2D eigenvalue weighted by molar-refractivity contribution is 6.37. The van der Waals surface area contributed by atoms with Gasteiger partial charge in [-0.25, -0.2) is 14.4 Å². The van der Waals surface area contributed by atoms with Gasteiger partial charge in [0.25, 0.3) is 5.91 Å². The Morgan fingerprint density at radius 3 is 2.63 bits per heavy atom. The molecule has 2 heterocycles. The van der Waals surface area contributed by atoms with Gasteiger partial charge in [-0.1, -0.05) is 35.3 Å². The quantitative estimate of drug-likeness (QED) is 0.487. The Labute approximate surface area is 163 Å². The predicted molar refractivity (Wildman–Crippen MR) is 103 cm³/mol. The third-order valence-corrected chi connectivity index (χ3v) is 4.53. The largest absolute Gasteiger partial charge is 0.322 e. The van der Waals surface area contributed by atoms with E-state index in [9.17, 15) is 9.18 Å². The van der Waals surface area contributed by atoms with Gasteiger partial charge in [0.1, 0.15) is 5.82 Å². The molecular weight excluding hydrogens is 390 g/mol. The topological polar surface area (TPSA) is 59.3 Å². The molecule has 0 saturated carbocycles. The van der Waals surface area contributed by atoms with Crippen molar-refractivity contribution in [3.8, 4) is 11.3 Å². The van der Waals surface area contributed by atoms with Crippen LogP contribution in [-0.2, 0) is 0 Å². The molecule has 0 unspecified atom stereocenters. The molecule has 0 aliphatic heterocycles. The number of hydrogen-bond donors (Lipinski definition) is 1. The lowest BCUT2D eigenvalue weighted by Crippen LogP contribution is -2.12. The normalized spacial score (nSPS) is 10.9. The van der Waals surface area contributed by atoms with E-state index in [-0.39, 0.29) is 15.6 Å². The summed E-state index contributed by atoms with van der Waals surface area (Å²) in [4.78, 5) is 21.0. The van der Waals surface area contributed by atoms with Crippen molar-refractivity contribution in [1.82, 2.24) is 14.4 Å². The fourth-order valence-electron chi connectivity index (χ4n) is 2.59. The van der Waals surface area contributed by atoms with Crippen LogP contribution in [0, 0.1) is 5.82 Å². The lowest BCUT2D eigenvalue weighted by atomic mass is 10.1. The summed E-state index contributed by atoms with van der Waals surface area (Å²) in [5.74, 6) is -0.633. The van der Waals surface area contributed by atoms with Crippen LogP contribution < -0.4 is 5.32 Å². The summed E-state index contributed by atoms with van der Waals surface area (Å²) in [6, 6.07) is 11.1. The molecule has 0 aliphatic rings. The summed E-state index contributed by atoms with van der Waals surface area (Å²) in [6.07, 6.45) is 5.41. The van der Waals surface area contributed by atoms with Gasteiger partial charge in [-0.05, 0) is 30.3 Å². The monoisotopic (exact) mass is 400 g/mol. The van der Waals surface area contributed by atoms with Crippen molar-refractivity contribution in [2.75, 3.05) is 5.32 Å². The molecule has 27 heavy (non-hydrogen) atoms. The zero-order valence-corrected chi connectivity index (χ0v) is 15.2. The lowest BCUT2D eigenvalue weighted by Gasteiger charge is -2.08. The van der Waals surface area contributed by atoms with Crippen LogP contribution >= 0.6 is 23.2 Å². The van der Waals surface area contributed by atoms with Crippen molar-refractivity contribution in [1.29, 1.82) is 0 Å². The zero-order chi connectivity index (χ0) is 19.0. The number of halogens is 3. The summed E-state index contributed by atoms with van der Waals surface area (Å²) in [6.45, 7) is 0. The molecule has 4 rings (SSSR count). The maximum absolute atomic E-state index is 13.6. The Bertz CT molecular complexity index is 1130. The van der Waals surface area contributed by atoms with Crippen LogP contribution in [0.3, 0.4) is 0 Å². The molecule has 1 amide bonds. The molecule has 0 aliphatic carbocycles. The number of benzene rings is 2. The molecule has 0 atom stereocenters. The first-order valence-electron chi connectivity index (χ1n) is 7.87. The Morgan fingerprint density at radius 2 is 1.89 bits per heavy atom. The van der Waals surface area contributed by atoms with Crippen molar-refractivity contribution >= 4 is 40.6 Å². The van der Waals surface area contributed by atoms with Crippen LogP contribution in [0.1, 0.15) is 10.4 Å². The number of amides is 1. The van der Waals surface area contributed by atoms with E-state index >= 15 is 0 Å². The molecule has 8 heteroatoms. The summed E-state index contributed by atoms with van der Waals surface area (Å²) in [7, 11) is 0. The van der Waals surface area contributed by atoms with Crippen LogP contribution in [0.4, 0.5) is 10.1 Å². The maximum Gasteiger partial charge on any atom is 0.257 e. The van der Waals surface area contributed by atoms with Gasteiger partial charge in [0, 0.05) is 29.8 Å². The first-order valence-corrected chi connectivity index (χ1v) is 8.63. The van der Waals surface area contributed by atoms with Crippen LogP contribution in [0.2, 0.25) is 10.0 Å². The number of anilines is 1. The lowest BCUT2D eigenvalue weighted by molar-refractivity contribution is 0.102. The second kappa shape index (κ2) is 6.98. The highest BCUT2D eigenvalue weighted by atomic mass is 35.5. The van der Waals surface area contributed by atoms with Gasteiger partial charge in [-0.3, -0.25) is 9.20 Å². The highest BCUT2D eigenvalue weighted by Crippen LogP contribution is 2.26. The van der Waals surface area contributed by atoms with Gasteiger partial charge in [-0.2, -0.15) is 0 Å². The average molecular weight is 401 g/mol. The zero-order valence-electron chi connectivity index (χ0n) is 13.7. The fourth-order valence-corrected chi connectivity index (χ4v) is 3.06. The van der Waals surface area contributed by atoms with E-state index in [0.717, 1.165) is 17.3 Å². The van der Waals surface area contributed by atoms with Crippen molar-refractivity contribution in [2.24, 2.45) is 0 Å². The van der Waals surface area contributed by atoms with Gasteiger partial charge in [0.05, 0.1) is 21.3 Å². The predicted octanol–water partition coefficient (Wildman–Crippen LogP) is 5.09. The number of carbonyl (C=O) groups is 1. The minimum atomic E-state index is -0.706. The first kappa shape index (κ1) is 17.5. The minimum Gasteiger partial charge on any atom is -0.322 e. The number of nitrogens with one attached hydrogen (secondary N) is 1. The number of hydrogen-bond acceptors (Lipinski definition) is 3. The minimum absolute atomic E-state index is 0.00840. The van der Waals surface area contributed by atoms with E-state index in [1.165, 1.54) is 6.07 Å². The molecule has 0 spiro atoms. The molecule has 2 aromatic carbocycles. The molecular formula is C19H11Cl2FN4O. The van der Waals surface area contributed by atoms with Gasteiger partial charge in [0.2, 0.25) is 5.78 Å². The summed E-state index contributed by atoms with van der Waals surface area (Å²) in [5, 5.41) is 2.62. The Morgan fingerprint density at radius 1 is 1.11 bits per heavy atom. The maximum atomic E-state index is 13.6. The molecule has 5 nitrogen and oxygen atoms in total. The van der Waals surface area contributed by atoms with Crippen molar-refractivity contribution in [3.63, 3.8) is 0 Å². The van der Waals surface area contributed by atoms with Gasteiger partial charge in [0.15, 0.2) is 0 Å². The summed E-state index contributed by atoms with van der Waals surface area (Å²) >= 11 is 11.6. The number of imidazole rings is 1. The van der Waals surface area contributed by atoms with Gasteiger partial charge in [-0.15, -0.1) is 0 Å². The van der Waals surface area contributed by atoms with E-state index < -0.39 is 11.7 Å². The SMILES string of the molecule is O=C(Nc1ccc(-c2cn3cccnc3n2)cc1)c1cc(F)c(Cl)cc1Cl. The van der Waals surface area contributed by atoms with E-state index in [4.69, 9.17) is 23.2 Å². The second-order valence-electron chi connectivity index (χ2n) is 5.73. The van der Waals surface area contributed by atoms with Crippen LogP contribution in [0.15, 0.2) is 61.1 Å².